The van der Waals surface area contributed by atoms with Crippen LogP contribution in [0.1, 0.15) is 0 Å². The molecule has 1 fully saturated rings. The summed E-state index contributed by atoms with van der Waals surface area (Å²) in [6, 6.07) is 9.41. The van der Waals surface area contributed by atoms with E-state index >= 15 is 0 Å². The predicted molar refractivity (Wildman–Crippen MR) is 108 cm³/mol. The van der Waals surface area contributed by atoms with Crippen molar-refractivity contribution in [2.75, 3.05) is 55.9 Å². The molecule has 0 spiro atoms. The van der Waals surface area contributed by atoms with E-state index in [-0.39, 0.29) is 24.1 Å². The third-order valence-electron chi connectivity index (χ3n) is 4.20. The lowest BCUT2D eigenvalue weighted by atomic mass is 10.2. The van der Waals surface area contributed by atoms with Gasteiger partial charge in [0.1, 0.15) is 0 Å². The fraction of sp³-hybridized carbons (Fsp3) is 0.368. The van der Waals surface area contributed by atoms with Gasteiger partial charge in [-0.25, -0.2) is 9.97 Å². The van der Waals surface area contributed by atoms with Gasteiger partial charge in [-0.2, -0.15) is 0 Å². The van der Waals surface area contributed by atoms with Gasteiger partial charge in [-0.3, -0.25) is 9.59 Å². The average molecular weight is 401 g/mol. The normalized spacial score (nSPS) is 13.8. The Morgan fingerprint density at radius 2 is 1.86 bits per heavy atom. The van der Waals surface area contributed by atoms with Crippen molar-refractivity contribution in [3.8, 4) is 0 Å². The topological polar surface area (TPSA) is 87.7 Å². The van der Waals surface area contributed by atoms with Crippen LogP contribution in [0.2, 0.25) is 0 Å². The number of anilines is 2. The van der Waals surface area contributed by atoms with Gasteiger partial charge in [0.05, 0.1) is 25.5 Å². The van der Waals surface area contributed by atoms with Crippen molar-refractivity contribution in [2.24, 2.45) is 0 Å². The van der Waals surface area contributed by atoms with Crippen LogP contribution >= 0.6 is 11.8 Å². The summed E-state index contributed by atoms with van der Waals surface area (Å²) in [5.74, 6) is -0.214. The molecule has 0 bridgehead atoms. The SMILES string of the molecule is CN(CC(=O)Nc1ccc(N2CCOCC2)cc1)C(=O)CSc1ncccn1. The molecule has 2 heterocycles. The summed E-state index contributed by atoms with van der Waals surface area (Å²) in [5, 5.41) is 3.36. The number of benzene rings is 1. The number of hydrogen-bond acceptors (Lipinski definition) is 7. The molecule has 1 aromatic heterocycles. The monoisotopic (exact) mass is 401 g/mol. The van der Waals surface area contributed by atoms with Crippen LogP contribution in [0.25, 0.3) is 0 Å². The lowest BCUT2D eigenvalue weighted by Gasteiger charge is -2.28. The van der Waals surface area contributed by atoms with Gasteiger partial charge in [0.2, 0.25) is 11.8 Å². The summed E-state index contributed by atoms with van der Waals surface area (Å²) in [7, 11) is 1.61. The van der Waals surface area contributed by atoms with Crippen molar-refractivity contribution >= 4 is 35.0 Å². The first-order valence-electron chi connectivity index (χ1n) is 8.98. The number of aromatic nitrogens is 2. The van der Waals surface area contributed by atoms with Crippen LogP contribution in [-0.4, -0.2) is 72.3 Å². The van der Waals surface area contributed by atoms with Gasteiger partial charge in [-0.05, 0) is 30.3 Å². The maximum Gasteiger partial charge on any atom is 0.243 e. The average Bonchev–Trinajstić information content (AvgIpc) is 2.74. The number of nitrogens with one attached hydrogen (secondary N) is 1. The number of likely N-dealkylation sites (N-methyl/N-ethyl adjacent to an activating group) is 1. The summed E-state index contributed by atoms with van der Waals surface area (Å²) in [5.41, 5.74) is 1.81. The summed E-state index contributed by atoms with van der Waals surface area (Å²) in [6.07, 6.45) is 3.25. The molecule has 8 nitrogen and oxygen atoms in total. The van der Waals surface area contributed by atoms with E-state index in [9.17, 15) is 9.59 Å². The molecule has 0 saturated carbocycles. The second-order valence-electron chi connectivity index (χ2n) is 6.26. The minimum atomic E-state index is -0.240. The quantitative estimate of drug-likeness (QED) is 0.556. The van der Waals surface area contributed by atoms with E-state index < -0.39 is 0 Å². The number of thioether (sulfide) groups is 1. The highest BCUT2D eigenvalue weighted by Gasteiger charge is 2.15. The Morgan fingerprint density at radius 3 is 2.54 bits per heavy atom. The molecule has 1 N–H and O–H groups in total. The number of rotatable bonds is 7. The van der Waals surface area contributed by atoms with Crippen molar-refractivity contribution in [3.05, 3.63) is 42.7 Å². The number of ether oxygens (including phenoxy) is 1. The van der Waals surface area contributed by atoms with Crippen LogP contribution in [0.4, 0.5) is 11.4 Å². The van der Waals surface area contributed by atoms with E-state index in [2.05, 4.69) is 20.2 Å². The van der Waals surface area contributed by atoms with Crippen LogP contribution in [0, 0.1) is 0 Å². The van der Waals surface area contributed by atoms with E-state index in [1.165, 1.54) is 16.7 Å². The molecule has 2 amide bonds. The van der Waals surface area contributed by atoms with Crippen LogP contribution in [0.5, 0.6) is 0 Å². The molecule has 0 radical (unpaired) electrons. The van der Waals surface area contributed by atoms with Crippen LogP contribution in [0.15, 0.2) is 47.9 Å². The molecule has 3 rings (SSSR count). The standard InChI is InChI=1S/C19H23N5O3S/c1-23(18(26)14-28-19-20-7-2-8-21-19)13-17(25)22-15-3-5-16(6-4-15)24-9-11-27-12-10-24/h2-8H,9-14H2,1H3,(H,22,25). The van der Waals surface area contributed by atoms with Gasteiger partial charge in [0.25, 0.3) is 0 Å². The minimum absolute atomic E-state index is 0.0136. The zero-order chi connectivity index (χ0) is 19.8. The molecule has 2 aromatic rings. The molecule has 1 aliphatic heterocycles. The van der Waals surface area contributed by atoms with Crippen molar-refractivity contribution in [2.45, 2.75) is 5.16 Å². The third-order valence-corrected chi connectivity index (χ3v) is 5.06. The lowest BCUT2D eigenvalue weighted by molar-refractivity contribution is -0.131. The Kier molecular flexibility index (Phi) is 7.21. The van der Waals surface area contributed by atoms with Crippen molar-refractivity contribution < 1.29 is 14.3 Å². The number of carbonyl (C=O) groups is 2. The molecular weight excluding hydrogens is 378 g/mol. The molecule has 28 heavy (non-hydrogen) atoms. The van der Waals surface area contributed by atoms with E-state index in [1.54, 1.807) is 25.5 Å². The molecular formula is C19H23N5O3S. The van der Waals surface area contributed by atoms with Crippen molar-refractivity contribution in [1.82, 2.24) is 14.9 Å². The predicted octanol–water partition coefficient (Wildman–Crippen LogP) is 1.50. The fourth-order valence-electron chi connectivity index (χ4n) is 2.68. The number of hydrogen-bond donors (Lipinski definition) is 1. The molecule has 9 heteroatoms. The number of morpholine rings is 1. The smallest absolute Gasteiger partial charge is 0.243 e. The number of nitrogens with zero attached hydrogens (tertiary/aromatic N) is 4. The van der Waals surface area contributed by atoms with Gasteiger partial charge in [0.15, 0.2) is 5.16 Å². The molecule has 1 aliphatic rings. The molecule has 148 valence electrons. The summed E-state index contributed by atoms with van der Waals surface area (Å²) >= 11 is 1.24. The highest BCUT2D eigenvalue weighted by atomic mass is 32.2. The van der Waals surface area contributed by atoms with Crippen molar-refractivity contribution in [1.29, 1.82) is 0 Å². The molecule has 0 unspecified atom stereocenters. The summed E-state index contributed by atoms with van der Waals surface area (Å²) in [6.45, 7) is 3.18. The highest BCUT2D eigenvalue weighted by Crippen LogP contribution is 2.19. The van der Waals surface area contributed by atoms with Gasteiger partial charge in [-0.15, -0.1) is 0 Å². The molecule has 1 saturated heterocycles. The van der Waals surface area contributed by atoms with Gasteiger partial charge in [-0.1, -0.05) is 11.8 Å². The van der Waals surface area contributed by atoms with Gasteiger partial charge >= 0.3 is 0 Å². The lowest BCUT2D eigenvalue weighted by Crippen LogP contribution is -2.36. The van der Waals surface area contributed by atoms with Crippen molar-refractivity contribution in [3.63, 3.8) is 0 Å². The Bertz CT molecular complexity index is 782. The Morgan fingerprint density at radius 1 is 1.18 bits per heavy atom. The van der Waals surface area contributed by atoms with E-state index in [4.69, 9.17) is 4.74 Å². The maximum atomic E-state index is 12.2. The first-order valence-corrected chi connectivity index (χ1v) is 9.97. The largest absolute Gasteiger partial charge is 0.378 e. The molecule has 0 aliphatic carbocycles. The fourth-order valence-corrected chi connectivity index (χ4v) is 3.42. The first kappa shape index (κ1) is 20.1. The highest BCUT2D eigenvalue weighted by molar-refractivity contribution is 7.99. The van der Waals surface area contributed by atoms with E-state index in [0.717, 1.165) is 32.0 Å². The Hall–Kier alpha value is -2.65. The molecule has 1 aromatic carbocycles. The first-order chi connectivity index (χ1) is 13.6. The summed E-state index contributed by atoms with van der Waals surface area (Å²) < 4.78 is 5.36. The number of carbonyl (C=O) groups excluding carboxylic acids is 2. The van der Waals surface area contributed by atoms with Gasteiger partial charge in [0, 0.05) is 43.9 Å². The Labute approximate surface area is 168 Å². The van der Waals surface area contributed by atoms with Crippen LogP contribution < -0.4 is 10.2 Å². The minimum Gasteiger partial charge on any atom is -0.378 e. The van der Waals surface area contributed by atoms with Gasteiger partial charge < -0.3 is 19.9 Å². The molecule has 0 atom stereocenters. The van der Waals surface area contributed by atoms with Crippen LogP contribution in [-0.2, 0) is 14.3 Å². The zero-order valence-electron chi connectivity index (χ0n) is 15.7. The maximum absolute atomic E-state index is 12.2. The number of amides is 2. The second-order valence-corrected chi connectivity index (χ2v) is 7.21. The summed E-state index contributed by atoms with van der Waals surface area (Å²) in [4.78, 5) is 36.2. The Balaban J connectivity index is 1.44. The zero-order valence-corrected chi connectivity index (χ0v) is 16.5. The van der Waals surface area contributed by atoms with E-state index in [1.807, 2.05) is 24.3 Å². The van der Waals surface area contributed by atoms with Crippen LogP contribution in [0.3, 0.4) is 0 Å². The van der Waals surface area contributed by atoms with E-state index in [0.29, 0.717) is 10.8 Å². The third kappa shape index (κ3) is 5.93. The second kappa shape index (κ2) is 10.0.